The Kier molecular flexibility index (Phi) is 5.82. The summed E-state index contributed by atoms with van der Waals surface area (Å²) >= 11 is 19.4. The monoisotopic (exact) mass is 360 g/mol. The van der Waals surface area contributed by atoms with Crippen molar-refractivity contribution < 1.29 is 9.53 Å². The molecule has 2 aromatic rings. The van der Waals surface area contributed by atoms with Crippen molar-refractivity contribution in [3.63, 3.8) is 0 Å². The number of esters is 1. The van der Waals surface area contributed by atoms with Gasteiger partial charge in [0.25, 0.3) is 0 Å². The number of hydrogen-bond donors (Lipinski definition) is 0. The molecule has 0 radical (unpaired) electrons. The van der Waals surface area contributed by atoms with Gasteiger partial charge in [-0.2, -0.15) is 0 Å². The highest BCUT2D eigenvalue weighted by atomic mass is 35.5. The molecule has 0 atom stereocenters. The number of carbonyl (C=O) groups is 1. The molecule has 0 fully saturated rings. The summed E-state index contributed by atoms with van der Waals surface area (Å²) in [6.45, 7) is 0.0641. The Morgan fingerprint density at radius 3 is 2.52 bits per heavy atom. The fourth-order valence-corrected chi connectivity index (χ4v) is 2.75. The summed E-state index contributed by atoms with van der Waals surface area (Å²) in [7, 11) is 0. The van der Waals surface area contributed by atoms with E-state index in [1.807, 2.05) is 12.3 Å². The lowest BCUT2D eigenvalue weighted by Crippen LogP contribution is -2.06. The third kappa shape index (κ3) is 4.30. The van der Waals surface area contributed by atoms with Crippen molar-refractivity contribution in [2.75, 3.05) is 6.26 Å². The molecule has 6 heteroatoms. The quantitative estimate of drug-likeness (QED) is 0.514. The first-order chi connectivity index (χ1) is 10.0. The summed E-state index contributed by atoms with van der Waals surface area (Å²) < 4.78 is 5.25. The number of carbonyl (C=O) groups excluding carboxylic acids is 1. The first-order valence-electron chi connectivity index (χ1n) is 5.96. The predicted molar refractivity (Wildman–Crippen MR) is 88.8 cm³/mol. The van der Waals surface area contributed by atoms with Gasteiger partial charge in [-0.3, -0.25) is 0 Å². The van der Waals surface area contributed by atoms with Gasteiger partial charge in [-0.25, -0.2) is 4.79 Å². The smallest absolute Gasteiger partial charge is 0.340 e. The van der Waals surface area contributed by atoms with E-state index in [2.05, 4.69) is 0 Å². The lowest BCUT2D eigenvalue weighted by atomic mass is 10.2. The Morgan fingerprint density at radius 1 is 1.10 bits per heavy atom. The van der Waals surface area contributed by atoms with Crippen molar-refractivity contribution in [1.82, 2.24) is 0 Å². The molecule has 2 aromatic carbocycles. The highest BCUT2D eigenvalue weighted by Crippen LogP contribution is 2.25. The number of rotatable bonds is 4. The van der Waals surface area contributed by atoms with E-state index >= 15 is 0 Å². The van der Waals surface area contributed by atoms with Crippen molar-refractivity contribution in [2.45, 2.75) is 11.5 Å². The number of benzene rings is 2. The largest absolute Gasteiger partial charge is 0.457 e. The van der Waals surface area contributed by atoms with Crippen LogP contribution in [-0.2, 0) is 11.3 Å². The topological polar surface area (TPSA) is 26.3 Å². The van der Waals surface area contributed by atoms with E-state index in [1.165, 1.54) is 11.8 Å². The lowest BCUT2D eigenvalue weighted by Gasteiger charge is -2.09. The molecule has 0 unspecified atom stereocenters. The minimum Gasteiger partial charge on any atom is -0.457 e. The SMILES string of the molecule is CSc1ccc(Cl)c(C(=O)OCc2ccc(Cl)cc2Cl)c1. The molecule has 0 bridgehead atoms. The first-order valence-corrected chi connectivity index (χ1v) is 8.31. The Labute approximate surface area is 142 Å². The van der Waals surface area contributed by atoms with Crippen molar-refractivity contribution in [3.05, 3.63) is 62.6 Å². The maximum Gasteiger partial charge on any atom is 0.340 e. The molecule has 0 saturated heterocycles. The molecule has 0 amide bonds. The van der Waals surface area contributed by atoms with Crippen LogP contribution in [0.2, 0.25) is 15.1 Å². The van der Waals surface area contributed by atoms with Crippen LogP contribution in [0, 0.1) is 0 Å². The average Bonchev–Trinajstić information content (AvgIpc) is 2.46. The molecule has 0 aliphatic heterocycles. The maximum atomic E-state index is 12.1. The van der Waals surface area contributed by atoms with Gasteiger partial charge in [0, 0.05) is 20.5 Å². The minimum atomic E-state index is -0.484. The van der Waals surface area contributed by atoms with E-state index in [4.69, 9.17) is 39.5 Å². The van der Waals surface area contributed by atoms with E-state index in [0.29, 0.717) is 26.2 Å². The van der Waals surface area contributed by atoms with Crippen molar-refractivity contribution in [2.24, 2.45) is 0 Å². The molecular weight excluding hydrogens is 351 g/mol. The third-order valence-electron chi connectivity index (χ3n) is 2.77. The van der Waals surface area contributed by atoms with Crippen molar-refractivity contribution in [1.29, 1.82) is 0 Å². The molecule has 0 N–H and O–H groups in total. The van der Waals surface area contributed by atoms with Gasteiger partial charge in [0.2, 0.25) is 0 Å². The van der Waals surface area contributed by atoms with Crippen LogP contribution in [0.15, 0.2) is 41.3 Å². The van der Waals surface area contributed by atoms with Gasteiger partial charge in [0.1, 0.15) is 6.61 Å². The van der Waals surface area contributed by atoms with Crippen LogP contribution in [0.25, 0.3) is 0 Å². The lowest BCUT2D eigenvalue weighted by molar-refractivity contribution is 0.0473. The minimum absolute atomic E-state index is 0.0641. The molecule has 0 aliphatic rings. The second-order valence-electron chi connectivity index (χ2n) is 4.16. The second-order valence-corrected chi connectivity index (χ2v) is 6.29. The molecule has 2 rings (SSSR count). The molecule has 0 saturated carbocycles. The molecule has 0 aliphatic carbocycles. The fourth-order valence-electron chi connectivity index (χ4n) is 1.65. The van der Waals surface area contributed by atoms with E-state index in [9.17, 15) is 4.79 Å². The maximum absolute atomic E-state index is 12.1. The van der Waals surface area contributed by atoms with Crippen molar-refractivity contribution >= 4 is 52.5 Å². The number of thioether (sulfide) groups is 1. The van der Waals surface area contributed by atoms with Crippen LogP contribution in [0.5, 0.6) is 0 Å². The van der Waals surface area contributed by atoms with Crippen molar-refractivity contribution in [3.8, 4) is 0 Å². The first kappa shape index (κ1) is 16.5. The standard InChI is InChI=1S/C15H11Cl3O2S/c1-21-11-4-5-13(17)12(7-11)15(19)20-8-9-2-3-10(16)6-14(9)18/h2-7H,8H2,1H3. The zero-order valence-corrected chi connectivity index (χ0v) is 14.1. The summed E-state index contributed by atoms with van der Waals surface area (Å²) in [5.41, 5.74) is 1.03. The zero-order chi connectivity index (χ0) is 15.4. The van der Waals surface area contributed by atoms with Gasteiger partial charge < -0.3 is 4.74 Å². The van der Waals surface area contributed by atoms with Gasteiger partial charge >= 0.3 is 5.97 Å². The number of halogens is 3. The number of hydrogen-bond acceptors (Lipinski definition) is 3. The highest BCUT2D eigenvalue weighted by molar-refractivity contribution is 7.98. The van der Waals surface area contributed by atoms with E-state index in [-0.39, 0.29) is 6.61 Å². The highest BCUT2D eigenvalue weighted by Gasteiger charge is 2.13. The summed E-state index contributed by atoms with van der Waals surface area (Å²) in [6.07, 6.45) is 1.92. The Balaban J connectivity index is 2.11. The normalized spacial score (nSPS) is 10.5. The summed E-state index contributed by atoms with van der Waals surface area (Å²) in [6, 6.07) is 10.3. The van der Waals surface area contributed by atoms with Gasteiger partial charge in [-0.15, -0.1) is 11.8 Å². The van der Waals surface area contributed by atoms with Gasteiger partial charge in [0.05, 0.1) is 10.6 Å². The third-order valence-corrected chi connectivity index (χ3v) is 4.41. The van der Waals surface area contributed by atoms with Gasteiger partial charge in [-0.05, 0) is 36.6 Å². The van der Waals surface area contributed by atoms with Crippen LogP contribution in [0.4, 0.5) is 0 Å². The molecule has 2 nitrogen and oxygen atoms in total. The van der Waals surface area contributed by atoms with Crippen LogP contribution in [0.1, 0.15) is 15.9 Å². The summed E-state index contributed by atoms with van der Waals surface area (Å²) in [4.78, 5) is 13.0. The Bertz CT molecular complexity index is 674. The van der Waals surface area contributed by atoms with Gasteiger partial charge in [0.15, 0.2) is 0 Å². The molecule has 0 spiro atoms. The second kappa shape index (κ2) is 7.41. The molecule has 110 valence electrons. The molecule has 21 heavy (non-hydrogen) atoms. The average molecular weight is 362 g/mol. The van der Waals surface area contributed by atoms with Crippen LogP contribution in [0.3, 0.4) is 0 Å². The predicted octanol–water partition coefficient (Wildman–Crippen LogP) is 5.73. The van der Waals surface area contributed by atoms with Gasteiger partial charge in [-0.1, -0.05) is 40.9 Å². The van der Waals surface area contributed by atoms with Crippen LogP contribution < -0.4 is 0 Å². The number of ether oxygens (including phenoxy) is 1. The summed E-state index contributed by atoms with van der Waals surface area (Å²) in [5.74, 6) is -0.484. The summed E-state index contributed by atoms with van der Waals surface area (Å²) in [5, 5.41) is 1.35. The molecule has 0 aromatic heterocycles. The van der Waals surface area contributed by atoms with E-state index in [0.717, 1.165) is 4.90 Å². The Hall–Kier alpha value is -0.870. The zero-order valence-electron chi connectivity index (χ0n) is 11.0. The van der Waals surface area contributed by atoms with E-state index < -0.39 is 5.97 Å². The Morgan fingerprint density at radius 2 is 1.86 bits per heavy atom. The fraction of sp³-hybridized carbons (Fsp3) is 0.133. The van der Waals surface area contributed by atoms with Crippen LogP contribution >= 0.6 is 46.6 Å². The molecular formula is C15H11Cl3O2S. The van der Waals surface area contributed by atoms with Crippen LogP contribution in [-0.4, -0.2) is 12.2 Å². The van der Waals surface area contributed by atoms with E-state index in [1.54, 1.807) is 30.3 Å². The molecule has 0 heterocycles.